The minimum atomic E-state index is -0.838. The molecule has 1 aliphatic heterocycles. The van der Waals surface area contributed by atoms with Crippen LogP contribution in [0.3, 0.4) is 0 Å². The third-order valence-corrected chi connectivity index (χ3v) is 6.24. The van der Waals surface area contributed by atoms with Crippen LogP contribution in [-0.2, 0) is 4.79 Å². The molecule has 2 aromatic heterocycles. The van der Waals surface area contributed by atoms with Gasteiger partial charge in [0.25, 0.3) is 5.91 Å². The van der Waals surface area contributed by atoms with E-state index in [2.05, 4.69) is 15.3 Å². The van der Waals surface area contributed by atoms with Crippen LogP contribution in [0.4, 0.5) is 14.6 Å². The highest BCUT2D eigenvalue weighted by Gasteiger charge is 2.39. The molecule has 4 rings (SSSR count). The van der Waals surface area contributed by atoms with E-state index in [0.717, 1.165) is 12.1 Å². The van der Waals surface area contributed by atoms with Crippen LogP contribution in [0.5, 0.6) is 11.5 Å². The topological polar surface area (TPSA) is 108 Å². The average Bonchev–Trinajstić information content (AvgIpc) is 2.86. The SMILES string of the molecule is C[C@H](C(=O)Nc1ccc(Oc2ccc(F)cc2F)cn1)N1CCN(C(=O)c2ccc(=O)[nH]c2)C(C)(C)C1. The number of benzene rings is 1. The van der Waals surface area contributed by atoms with Gasteiger partial charge in [0.1, 0.15) is 17.4 Å². The summed E-state index contributed by atoms with van der Waals surface area (Å²) < 4.78 is 32.2. The van der Waals surface area contributed by atoms with E-state index < -0.39 is 23.2 Å². The fraction of sp³-hybridized carbons (Fsp3) is 0.308. The lowest BCUT2D eigenvalue weighted by molar-refractivity contribution is -0.122. The monoisotopic (exact) mass is 511 g/mol. The van der Waals surface area contributed by atoms with Gasteiger partial charge in [0.2, 0.25) is 11.5 Å². The van der Waals surface area contributed by atoms with Gasteiger partial charge in [-0.2, -0.15) is 0 Å². The number of piperazine rings is 1. The molecule has 0 saturated carbocycles. The van der Waals surface area contributed by atoms with E-state index in [1.165, 1.54) is 42.7 Å². The van der Waals surface area contributed by atoms with Gasteiger partial charge in [0.15, 0.2) is 11.6 Å². The Morgan fingerprint density at radius 3 is 2.54 bits per heavy atom. The van der Waals surface area contributed by atoms with Crippen molar-refractivity contribution in [1.29, 1.82) is 0 Å². The molecule has 0 bridgehead atoms. The van der Waals surface area contributed by atoms with Crippen molar-refractivity contribution >= 4 is 17.6 Å². The number of nitrogens with zero attached hydrogens (tertiary/aromatic N) is 3. The van der Waals surface area contributed by atoms with Gasteiger partial charge >= 0.3 is 0 Å². The summed E-state index contributed by atoms with van der Waals surface area (Å²) in [5.74, 6) is -1.65. The number of carbonyl (C=O) groups is 2. The quantitative estimate of drug-likeness (QED) is 0.525. The number of aromatic nitrogens is 2. The molecule has 2 amide bonds. The highest BCUT2D eigenvalue weighted by Crippen LogP contribution is 2.26. The maximum Gasteiger partial charge on any atom is 0.255 e. The van der Waals surface area contributed by atoms with Crippen molar-refractivity contribution in [1.82, 2.24) is 19.8 Å². The smallest absolute Gasteiger partial charge is 0.255 e. The molecule has 37 heavy (non-hydrogen) atoms. The van der Waals surface area contributed by atoms with Crippen LogP contribution in [0.15, 0.2) is 59.7 Å². The summed E-state index contributed by atoms with van der Waals surface area (Å²) in [7, 11) is 0. The second kappa shape index (κ2) is 10.5. The number of hydrogen-bond donors (Lipinski definition) is 2. The molecular formula is C26H27F2N5O4. The standard InChI is InChI=1S/C26H27F2N5O4/c1-16(32-10-11-33(26(2,3)15-32)25(36)17-4-9-23(34)30-13-17)24(35)31-22-8-6-19(14-29-22)37-21-7-5-18(27)12-20(21)28/h4-9,12-14,16H,10-11,15H2,1-3H3,(H,30,34)(H,29,31,35)/t16-/m1/s1. The van der Waals surface area contributed by atoms with Gasteiger partial charge < -0.3 is 19.9 Å². The number of H-pyrrole nitrogens is 1. The Balaban J connectivity index is 1.35. The average molecular weight is 512 g/mol. The van der Waals surface area contributed by atoms with E-state index >= 15 is 0 Å². The first-order chi connectivity index (χ1) is 17.5. The predicted molar refractivity (Wildman–Crippen MR) is 133 cm³/mol. The number of rotatable bonds is 6. The van der Waals surface area contributed by atoms with Gasteiger partial charge in [0, 0.05) is 38.0 Å². The molecule has 1 aromatic carbocycles. The first-order valence-corrected chi connectivity index (χ1v) is 11.7. The molecule has 0 aliphatic carbocycles. The van der Waals surface area contributed by atoms with E-state index in [-0.39, 0.29) is 34.7 Å². The van der Waals surface area contributed by atoms with E-state index in [4.69, 9.17) is 4.74 Å². The van der Waals surface area contributed by atoms with Crippen molar-refractivity contribution in [2.24, 2.45) is 0 Å². The largest absolute Gasteiger partial charge is 0.453 e. The number of ether oxygens (including phenoxy) is 1. The Kier molecular flexibility index (Phi) is 7.35. The summed E-state index contributed by atoms with van der Waals surface area (Å²) in [5, 5.41) is 2.76. The van der Waals surface area contributed by atoms with Crippen molar-refractivity contribution in [2.45, 2.75) is 32.4 Å². The number of hydrogen-bond acceptors (Lipinski definition) is 6. The fourth-order valence-electron chi connectivity index (χ4n) is 4.20. The first-order valence-electron chi connectivity index (χ1n) is 11.7. The molecular weight excluding hydrogens is 484 g/mol. The van der Waals surface area contributed by atoms with Crippen LogP contribution in [0, 0.1) is 11.6 Å². The van der Waals surface area contributed by atoms with Gasteiger partial charge in [0.05, 0.1) is 23.3 Å². The Morgan fingerprint density at radius 2 is 1.92 bits per heavy atom. The Hall–Kier alpha value is -4.12. The predicted octanol–water partition coefficient (Wildman–Crippen LogP) is 3.40. The zero-order valence-electron chi connectivity index (χ0n) is 20.6. The van der Waals surface area contributed by atoms with Crippen molar-refractivity contribution in [2.75, 3.05) is 25.0 Å². The molecule has 0 radical (unpaired) electrons. The molecule has 1 fully saturated rings. The minimum Gasteiger partial charge on any atom is -0.453 e. The highest BCUT2D eigenvalue weighted by atomic mass is 19.1. The molecule has 3 aromatic rings. The first kappa shape index (κ1) is 26.0. The lowest BCUT2D eigenvalue weighted by atomic mass is 9.96. The number of pyridine rings is 2. The van der Waals surface area contributed by atoms with Crippen LogP contribution in [-0.4, -0.2) is 62.8 Å². The van der Waals surface area contributed by atoms with Gasteiger partial charge in [-0.25, -0.2) is 13.8 Å². The van der Waals surface area contributed by atoms with Crippen molar-refractivity contribution in [3.05, 3.63) is 82.4 Å². The number of halogens is 2. The zero-order chi connectivity index (χ0) is 26.7. The van der Waals surface area contributed by atoms with Gasteiger partial charge in [-0.15, -0.1) is 0 Å². The molecule has 2 N–H and O–H groups in total. The van der Waals surface area contributed by atoms with Gasteiger partial charge in [-0.05, 0) is 51.1 Å². The third kappa shape index (κ3) is 6.00. The summed E-state index contributed by atoms with van der Waals surface area (Å²) in [6.07, 6.45) is 2.73. The fourth-order valence-corrected chi connectivity index (χ4v) is 4.20. The van der Waals surface area contributed by atoms with Crippen molar-refractivity contribution in [3.63, 3.8) is 0 Å². The Morgan fingerprint density at radius 1 is 1.14 bits per heavy atom. The van der Waals surface area contributed by atoms with E-state index in [1.54, 1.807) is 11.8 Å². The normalized spacial score (nSPS) is 16.2. The Bertz CT molecular complexity index is 1340. The van der Waals surface area contributed by atoms with Crippen molar-refractivity contribution < 1.29 is 23.1 Å². The summed E-state index contributed by atoms with van der Waals surface area (Å²) >= 11 is 0. The molecule has 194 valence electrons. The van der Waals surface area contributed by atoms with Gasteiger partial charge in [-0.3, -0.25) is 19.3 Å². The molecule has 1 atom stereocenters. The van der Waals surface area contributed by atoms with E-state index in [1.807, 2.05) is 18.7 Å². The van der Waals surface area contributed by atoms with Crippen LogP contribution in [0.2, 0.25) is 0 Å². The maximum absolute atomic E-state index is 13.8. The number of anilines is 1. The maximum atomic E-state index is 13.8. The molecule has 3 heterocycles. The highest BCUT2D eigenvalue weighted by molar-refractivity contribution is 5.95. The summed E-state index contributed by atoms with van der Waals surface area (Å²) in [5.41, 5.74) is -0.446. The van der Waals surface area contributed by atoms with Crippen LogP contribution in [0.25, 0.3) is 0 Å². The number of amides is 2. The molecule has 11 heteroatoms. The summed E-state index contributed by atoms with van der Waals surface area (Å²) in [4.78, 5) is 47.6. The number of carbonyl (C=O) groups excluding carboxylic acids is 2. The van der Waals surface area contributed by atoms with E-state index in [0.29, 0.717) is 25.2 Å². The van der Waals surface area contributed by atoms with Crippen LogP contribution >= 0.6 is 0 Å². The summed E-state index contributed by atoms with van der Waals surface area (Å²) in [6.45, 7) is 6.98. The molecule has 1 saturated heterocycles. The van der Waals surface area contributed by atoms with Crippen molar-refractivity contribution in [3.8, 4) is 11.5 Å². The van der Waals surface area contributed by atoms with E-state index in [9.17, 15) is 23.2 Å². The second-order valence-corrected chi connectivity index (χ2v) is 9.40. The lowest BCUT2D eigenvalue weighted by Crippen LogP contribution is -2.63. The lowest BCUT2D eigenvalue weighted by Gasteiger charge is -2.48. The zero-order valence-corrected chi connectivity index (χ0v) is 20.6. The molecule has 1 aliphatic rings. The minimum absolute atomic E-state index is 0.144. The van der Waals surface area contributed by atoms with Crippen LogP contribution < -0.4 is 15.6 Å². The molecule has 0 unspecified atom stereocenters. The Labute approximate surface area is 212 Å². The molecule has 9 nitrogen and oxygen atoms in total. The number of nitrogens with one attached hydrogen (secondary N) is 2. The van der Waals surface area contributed by atoms with Gasteiger partial charge in [-0.1, -0.05) is 0 Å². The number of aromatic amines is 1. The second-order valence-electron chi connectivity index (χ2n) is 9.40. The molecule has 0 spiro atoms. The third-order valence-electron chi connectivity index (χ3n) is 6.24. The summed E-state index contributed by atoms with van der Waals surface area (Å²) in [6, 6.07) is 8.33. The van der Waals surface area contributed by atoms with Crippen LogP contribution in [0.1, 0.15) is 31.1 Å².